The lowest BCUT2D eigenvalue weighted by atomic mass is 10.3. The van der Waals surface area contributed by atoms with Crippen LogP contribution in [0.4, 0.5) is 5.82 Å². The van der Waals surface area contributed by atoms with Crippen molar-refractivity contribution < 1.29 is 5.11 Å². The van der Waals surface area contributed by atoms with Crippen LogP contribution in [0.5, 0.6) is 0 Å². The third-order valence-corrected chi connectivity index (χ3v) is 1.96. The van der Waals surface area contributed by atoms with Gasteiger partial charge in [0.1, 0.15) is 5.82 Å². The van der Waals surface area contributed by atoms with Crippen LogP contribution in [-0.2, 0) is 0 Å². The number of pyridine rings is 1. The highest BCUT2D eigenvalue weighted by molar-refractivity contribution is 6.35. The Morgan fingerprint density at radius 3 is 2.85 bits per heavy atom. The molecule has 0 radical (unpaired) electrons. The predicted octanol–water partition coefficient (Wildman–Crippen LogP) is 2.18. The molecule has 0 saturated heterocycles. The van der Waals surface area contributed by atoms with Crippen LogP contribution in [0.25, 0.3) is 0 Å². The lowest BCUT2D eigenvalue weighted by Crippen LogP contribution is -2.20. The maximum absolute atomic E-state index is 8.78. The Morgan fingerprint density at radius 1 is 1.62 bits per heavy atom. The van der Waals surface area contributed by atoms with Gasteiger partial charge < -0.3 is 10.4 Å². The molecule has 2 N–H and O–H groups in total. The normalized spacial score (nSPS) is 12.6. The molecule has 1 aromatic heterocycles. The molecule has 0 aliphatic carbocycles. The third kappa shape index (κ3) is 3.03. The monoisotopic (exact) mass is 220 g/mol. The Kier molecular flexibility index (Phi) is 3.78. The Balaban J connectivity index is 2.77. The summed E-state index contributed by atoms with van der Waals surface area (Å²) >= 11 is 11.5. The number of halogens is 2. The van der Waals surface area contributed by atoms with E-state index in [1.807, 2.05) is 6.92 Å². The lowest BCUT2D eigenvalue weighted by molar-refractivity contribution is 0.281. The van der Waals surface area contributed by atoms with Gasteiger partial charge in [0.2, 0.25) is 0 Å². The van der Waals surface area contributed by atoms with Crippen molar-refractivity contribution in [1.29, 1.82) is 0 Å². The molecule has 1 aromatic rings. The molecule has 0 saturated carbocycles. The summed E-state index contributed by atoms with van der Waals surface area (Å²) in [4.78, 5) is 3.98. The number of nitrogens with one attached hydrogen (secondary N) is 1. The first-order valence-electron chi connectivity index (χ1n) is 3.82. The molecule has 0 unspecified atom stereocenters. The van der Waals surface area contributed by atoms with Crippen LogP contribution in [0.2, 0.25) is 10.0 Å². The van der Waals surface area contributed by atoms with Gasteiger partial charge >= 0.3 is 0 Å². The van der Waals surface area contributed by atoms with E-state index in [0.717, 1.165) is 0 Å². The first-order chi connectivity index (χ1) is 6.13. The summed E-state index contributed by atoms with van der Waals surface area (Å²) in [5.41, 5.74) is 0. The number of nitrogens with zero attached hydrogens (tertiary/aromatic N) is 1. The van der Waals surface area contributed by atoms with Crippen LogP contribution in [0, 0.1) is 0 Å². The zero-order chi connectivity index (χ0) is 9.84. The molecule has 5 heteroatoms. The zero-order valence-electron chi connectivity index (χ0n) is 7.09. The molecular formula is C8H10Cl2N2O. The summed E-state index contributed by atoms with van der Waals surface area (Å²) in [5, 5.41) is 12.7. The molecule has 0 spiro atoms. The van der Waals surface area contributed by atoms with Crippen molar-refractivity contribution >= 4 is 29.0 Å². The number of aliphatic hydroxyl groups excluding tert-OH is 1. The van der Waals surface area contributed by atoms with E-state index in [9.17, 15) is 0 Å². The van der Waals surface area contributed by atoms with Crippen LogP contribution in [-0.4, -0.2) is 22.7 Å². The molecule has 1 heterocycles. The second-order valence-electron chi connectivity index (χ2n) is 2.71. The quantitative estimate of drug-likeness (QED) is 0.822. The van der Waals surface area contributed by atoms with Gasteiger partial charge in [-0.2, -0.15) is 0 Å². The molecule has 0 aromatic carbocycles. The van der Waals surface area contributed by atoms with E-state index in [0.29, 0.717) is 15.9 Å². The maximum Gasteiger partial charge on any atom is 0.145 e. The minimum atomic E-state index is -0.0776. The third-order valence-electron chi connectivity index (χ3n) is 1.46. The summed E-state index contributed by atoms with van der Waals surface area (Å²) in [5.74, 6) is 0.535. The van der Waals surface area contributed by atoms with E-state index in [2.05, 4.69) is 10.3 Å². The van der Waals surface area contributed by atoms with E-state index in [1.54, 1.807) is 6.07 Å². The minimum absolute atomic E-state index is 0.0284. The second-order valence-corrected chi connectivity index (χ2v) is 3.56. The summed E-state index contributed by atoms with van der Waals surface area (Å²) in [7, 11) is 0. The van der Waals surface area contributed by atoms with Crippen LogP contribution < -0.4 is 5.32 Å². The largest absolute Gasteiger partial charge is 0.394 e. The molecule has 0 aliphatic rings. The van der Waals surface area contributed by atoms with Gasteiger partial charge in [0.15, 0.2) is 0 Å². The number of aliphatic hydroxyl groups is 1. The van der Waals surface area contributed by atoms with E-state index in [-0.39, 0.29) is 12.6 Å². The fourth-order valence-electron chi connectivity index (χ4n) is 0.800. The van der Waals surface area contributed by atoms with Crippen molar-refractivity contribution in [2.75, 3.05) is 11.9 Å². The highest BCUT2D eigenvalue weighted by Gasteiger charge is 2.05. The van der Waals surface area contributed by atoms with Gasteiger partial charge in [0.25, 0.3) is 0 Å². The van der Waals surface area contributed by atoms with Gasteiger partial charge in [-0.15, -0.1) is 0 Å². The van der Waals surface area contributed by atoms with E-state index in [4.69, 9.17) is 28.3 Å². The van der Waals surface area contributed by atoms with Crippen molar-refractivity contribution in [2.45, 2.75) is 13.0 Å². The van der Waals surface area contributed by atoms with Crippen molar-refractivity contribution in [3.63, 3.8) is 0 Å². The van der Waals surface area contributed by atoms with Gasteiger partial charge in [-0.05, 0) is 13.0 Å². The van der Waals surface area contributed by atoms with Gasteiger partial charge in [-0.3, -0.25) is 0 Å². The predicted molar refractivity (Wildman–Crippen MR) is 54.4 cm³/mol. The molecular weight excluding hydrogens is 211 g/mol. The summed E-state index contributed by atoms with van der Waals surface area (Å²) in [6.45, 7) is 1.85. The van der Waals surface area contributed by atoms with Gasteiger partial charge in [-0.25, -0.2) is 4.98 Å². The number of hydrogen-bond donors (Lipinski definition) is 2. The number of rotatable bonds is 3. The molecule has 1 rings (SSSR count). The molecule has 13 heavy (non-hydrogen) atoms. The lowest BCUT2D eigenvalue weighted by Gasteiger charge is -2.12. The highest BCUT2D eigenvalue weighted by Crippen LogP contribution is 2.22. The minimum Gasteiger partial charge on any atom is -0.394 e. The standard InChI is InChI=1S/C8H10Cl2N2O/c1-5(4-13)12-8-7(10)2-6(9)3-11-8/h2-3,5,13H,4H2,1H3,(H,11,12)/t5-/m0/s1. The topological polar surface area (TPSA) is 45.1 Å². The summed E-state index contributed by atoms with van der Waals surface area (Å²) < 4.78 is 0. The van der Waals surface area contributed by atoms with E-state index >= 15 is 0 Å². The van der Waals surface area contributed by atoms with Crippen LogP contribution >= 0.6 is 23.2 Å². The first-order valence-corrected chi connectivity index (χ1v) is 4.57. The summed E-state index contributed by atoms with van der Waals surface area (Å²) in [6, 6.07) is 1.52. The number of anilines is 1. The fourth-order valence-corrected chi connectivity index (χ4v) is 1.23. The molecule has 0 fully saturated rings. The van der Waals surface area contributed by atoms with Crippen molar-refractivity contribution in [1.82, 2.24) is 4.98 Å². The molecule has 0 aliphatic heterocycles. The highest BCUT2D eigenvalue weighted by atomic mass is 35.5. The first kappa shape index (κ1) is 10.6. The number of hydrogen-bond acceptors (Lipinski definition) is 3. The maximum atomic E-state index is 8.78. The van der Waals surface area contributed by atoms with Gasteiger partial charge in [0.05, 0.1) is 16.7 Å². The smallest absolute Gasteiger partial charge is 0.145 e. The molecule has 1 atom stereocenters. The average molecular weight is 221 g/mol. The molecule has 0 amide bonds. The van der Waals surface area contributed by atoms with Crippen molar-refractivity contribution in [3.8, 4) is 0 Å². The van der Waals surface area contributed by atoms with Crippen molar-refractivity contribution in [3.05, 3.63) is 22.3 Å². The second kappa shape index (κ2) is 4.65. The Bertz CT molecular complexity index is 293. The van der Waals surface area contributed by atoms with Crippen molar-refractivity contribution in [2.24, 2.45) is 0 Å². The van der Waals surface area contributed by atoms with E-state index in [1.165, 1.54) is 6.20 Å². The number of aromatic nitrogens is 1. The average Bonchev–Trinajstić information content (AvgIpc) is 2.09. The fraction of sp³-hybridized carbons (Fsp3) is 0.375. The summed E-state index contributed by atoms with van der Waals surface area (Å²) in [6.07, 6.45) is 1.50. The Labute approximate surface area is 86.7 Å². The van der Waals surface area contributed by atoms with Gasteiger partial charge in [-0.1, -0.05) is 23.2 Å². The zero-order valence-corrected chi connectivity index (χ0v) is 8.60. The molecule has 0 bridgehead atoms. The Hall–Kier alpha value is -0.510. The molecule has 3 nitrogen and oxygen atoms in total. The van der Waals surface area contributed by atoms with Crippen LogP contribution in [0.1, 0.15) is 6.92 Å². The Morgan fingerprint density at radius 2 is 2.31 bits per heavy atom. The SMILES string of the molecule is C[C@@H](CO)Nc1ncc(Cl)cc1Cl. The van der Waals surface area contributed by atoms with Gasteiger partial charge in [0, 0.05) is 12.2 Å². The van der Waals surface area contributed by atoms with Crippen LogP contribution in [0.15, 0.2) is 12.3 Å². The van der Waals surface area contributed by atoms with Crippen LogP contribution in [0.3, 0.4) is 0 Å². The van der Waals surface area contributed by atoms with E-state index < -0.39 is 0 Å². The molecule has 72 valence electrons.